The van der Waals surface area contributed by atoms with Gasteiger partial charge in [0.25, 0.3) is 0 Å². The second kappa shape index (κ2) is 7.04. The Morgan fingerprint density at radius 2 is 1.83 bits per heavy atom. The minimum atomic E-state index is -0.283. The van der Waals surface area contributed by atoms with Gasteiger partial charge in [-0.3, -0.25) is 4.79 Å². The standard InChI is InChI=1S/C20H21FO3/c1-3-23-17-8-9-20(21)19(11-17)14-4-6-16(7-5-14)24-12-15-10-18(15)13(2)22/h4-9,11,15,18H,3,10,12H2,1-2H3. The van der Waals surface area contributed by atoms with Crippen LogP contribution < -0.4 is 9.47 Å². The molecule has 2 aromatic rings. The normalized spacial score (nSPS) is 19.0. The third-order valence-electron chi connectivity index (χ3n) is 4.32. The fraction of sp³-hybridized carbons (Fsp3) is 0.350. The first kappa shape index (κ1) is 16.5. The lowest BCUT2D eigenvalue weighted by atomic mass is 10.0. The number of hydrogen-bond donors (Lipinski definition) is 0. The minimum Gasteiger partial charge on any atom is -0.494 e. The summed E-state index contributed by atoms with van der Waals surface area (Å²) in [6.45, 7) is 4.62. The van der Waals surface area contributed by atoms with Gasteiger partial charge in [-0.25, -0.2) is 4.39 Å². The van der Waals surface area contributed by atoms with Gasteiger partial charge < -0.3 is 9.47 Å². The van der Waals surface area contributed by atoms with E-state index in [1.165, 1.54) is 6.07 Å². The molecule has 0 radical (unpaired) electrons. The molecule has 2 aromatic carbocycles. The molecule has 0 amide bonds. The highest BCUT2D eigenvalue weighted by atomic mass is 19.1. The van der Waals surface area contributed by atoms with E-state index in [1.54, 1.807) is 19.1 Å². The Morgan fingerprint density at radius 1 is 1.12 bits per heavy atom. The van der Waals surface area contributed by atoms with E-state index in [4.69, 9.17) is 9.47 Å². The molecular formula is C20H21FO3. The summed E-state index contributed by atoms with van der Waals surface area (Å²) in [5.74, 6) is 1.84. The third kappa shape index (κ3) is 3.75. The van der Waals surface area contributed by atoms with Gasteiger partial charge in [-0.2, -0.15) is 0 Å². The number of hydrogen-bond acceptors (Lipinski definition) is 3. The maximum absolute atomic E-state index is 14.1. The Morgan fingerprint density at radius 3 is 2.46 bits per heavy atom. The molecule has 0 aromatic heterocycles. The fourth-order valence-electron chi connectivity index (χ4n) is 2.85. The topological polar surface area (TPSA) is 35.5 Å². The molecule has 0 saturated heterocycles. The van der Waals surface area contributed by atoms with Gasteiger partial charge in [-0.05, 0) is 56.2 Å². The first-order chi connectivity index (χ1) is 11.6. The number of carbonyl (C=O) groups excluding carboxylic acids is 1. The SMILES string of the molecule is CCOc1ccc(F)c(-c2ccc(OCC3CC3C(C)=O)cc2)c1. The van der Waals surface area contributed by atoms with E-state index < -0.39 is 0 Å². The lowest BCUT2D eigenvalue weighted by molar-refractivity contribution is -0.118. The number of rotatable bonds is 7. The number of Topliss-reactive ketones (excluding diaryl/α,β-unsaturated/α-hetero) is 1. The molecule has 0 N–H and O–H groups in total. The van der Waals surface area contributed by atoms with E-state index in [-0.39, 0.29) is 17.5 Å². The zero-order valence-corrected chi connectivity index (χ0v) is 13.9. The summed E-state index contributed by atoms with van der Waals surface area (Å²) in [5, 5.41) is 0. The molecule has 0 spiro atoms. The minimum absolute atomic E-state index is 0.166. The molecule has 3 rings (SSSR count). The first-order valence-corrected chi connectivity index (χ1v) is 8.24. The van der Waals surface area contributed by atoms with Crippen molar-refractivity contribution < 1.29 is 18.7 Å². The van der Waals surface area contributed by atoms with Crippen LogP contribution in [0.5, 0.6) is 11.5 Å². The maximum atomic E-state index is 14.1. The summed E-state index contributed by atoms with van der Waals surface area (Å²) < 4.78 is 25.2. The van der Waals surface area contributed by atoms with Crippen molar-refractivity contribution in [1.82, 2.24) is 0 Å². The van der Waals surface area contributed by atoms with Crippen molar-refractivity contribution in [3.05, 3.63) is 48.3 Å². The monoisotopic (exact) mass is 328 g/mol. The van der Waals surface area contributed by atoms with Crippen LogP contribution in [0.1, 0.15) is 20.3 Å². The number of halogens is 1. The Labute approximate surface area is 141 Å². The third-order valence-corrected chi connectivity index (χ3v) is 4.32. The Hall–Kier alpha value is -2.36. The molecule has 1 aliphatic carbocycles. The Balaban J connectivity index is 1.66. The smallest absolute Gasteiger partial charge is 0.133 e. The number of ether oxygens (including phenoxy) is 2. The van der Waals surface area contributed by atoms with E-state index in [0.29, 0.717) is 30.4 Å². The summed E-state index contributed by atoms with van der Waals surface area (Å²) in [6, 6.07) is 12.1. The van der Waals surface area contributed by atoms with Crippen LogP contribution in [0, 0.1) is 17.7 Å². The van der Waals surface area contributed by atoms with Gasteiger partial charge >= 0.3 is 0 Å². The maximum Gasteiger partial charge on any atom is 0.133 e. The van der Waals surface area contributed by atoms with Gasteiger partial charge in [0.05, 0.1) is 13.2 Å². The van der Waals surface area contributed by atoms with Crippen LogP contribution in [0.15, 0.2) is 42.5 Å². The van der Waals surface area contributed by atoms with Crippen molar-refractivity contribution >= 4 is 5.78 Å². The van der Waals surface area contributed by atoms with Crippen molar-refractivity contribution in [3.8, 4) is 22.6 Å². The van der Waals surface area contributed by atoms with Gasteiger partial charge in [0.15, 0.2) is 0 Å². The first-order valence-electron chi connectivity index (χ1n) is 8.24. The highest BCUT2D eigenvalue weighted by molar-refractivity contribution is 5.81. The molecule has 2 unspecified atom stereocenters. The average molecular weight is 328 g/mol. The predicted molar refractivity (Wildman–Crippen MR) is 90.8 cm³/mol. The second-order valence-electron chi connectivity index (χ2n) is 6.12. The zero-order valence-electron chi connectivity index (χ0n) is 13.9. The molecule has 0 bridgehead atoms. The molecule has 126 valence electrons. The van der Waals surface area contributed by atoms with Gasteiger partial charge in [-0.15, -0.1) is 0 Å². The van der Waals surface area contributed by atoms with Crippen LogP contribution in [0.2, 0.25) is 0 Å². The summed E-state index contributed by atoms with van der Waals surface area (Å²) in [7, 11) is 0. The molecule has 0 heterocycles. The van der Waals surface area contributed by atoms with Gasteiger partial charge in [0.1, 0.15) is 23.1 Å². The molecule has 2 atom stereocenters. The van der Waals surface area contributed by atoms with Crippen LogP contribution in [0.3, 0.4) is 0 Å². The average Bonchev–Trinajstić information content (AvgIpc) is 3.36. The van der Waals surface area contributed by atoms with Crippen molar-refractivity contribution in [1.29, 1.82) is 0 Å². The highest BCUT2D eigenvalue weighted by Crippen LogP contribution is 2.39. The molecule has 1 saturated carbocycles. The van der Waals surface area contributed by atoms with Gasteiger partial charge in [-0.1, -0.05) is 12.1 Å². The highest BCUT2D eigenvalue weighted by Gasteiger charge is 2.41. The lowest BCUT2D eigenvalue weighted by Crippen LogP contribution is -2.04. The summed E-state index contributed by atoms with van der Waals surface area (Å²) >= 11 is 0. The zero-order chi connectivity index (χ0) is 17.1. The Kier molecular flexibility index (Phi) is 4.84. The van der Waals surface area contributed by atoms with Crippen LogP contribution in [0.4, 0.5) is 4.39 Å². The summed E-state index contributed by atoms with van der Waals surface area (Å²) in [6.07, 6.45) is 0.919. The molecule has 4 heteroatoms. The molecule has 24 heavy (non-hydrogen) atoms. The number of carbonyl (C=O) groups is 1. The van der Waals surface area contributed by atoms with E-state index >= 15 is 0 Å². The van der Waals surface area contributed by atoms with Crippen LogP contribution in [0.25, 0.3) is 11.1 Å². The number of benzene rings is 2. The van der Waals surface area contributed by atoms with Gasteiger partial charge in [0.2, 0.25) is 0 Å². The van der Waals surface area contributed by atoms with Crippen molar-refractivity contribution in [2.75, 3.05) is 13.2 Å². The van der Waals surface area contributed by atoms with E-state index in [2.05, 4.69) is 0 Å². The largest absolute Gasteiger partial charge is 0.494 e. The molecule has 1 fully saturated rings. The molecular weight excluding hydrogens is 307 g/mol. The van der Waals surface area contributed by atoms with Crippen molar-refractivity contribution in [2.24, 2.45) is 11.8 Å². The van der Waals surface area contributed by atoms with Crippen LogP contribution in [-0.2, 0) is 4.79 Å². The number of ketones is 1. The summed E-state index contributed by atoms with van der Waals surface area (Å²) in [5.41, 5.74) is 1.28. The van der Waals surface area contributed by atoms with Crippen LogP contribution in [-0.4, -0.2) is 19.0 Å². The predicted octanol–water partition coefficient (Wildman–Crippen LogP) is 4.50. The van der Waals surface area contributed by atoms with E-state index in [0.717, 1.165) is 17.7 Å². The Bertz CT molecular complexity index is 724. The van der Waals surface area contributed by atoms with E-state index in [1.807, 2.05) is 31.2 Å². The molecule has 0 aliphatic heterocycles. The van der Waals surface area contributed by atoms with Gasteiger partial charge in [0, 0.05) is 17.4 Å². The van der Waals surface area contributed by atoms with E-state index in [9.17, 15) is 9.18 Å². The quantitative estimate of drug-likeness (QED) is 0.751. The second-order valence-corrected chi connectivity index (χ2v) is 6.12. The molecule has 1 aliphatic rings. The van der Waals surface area contributed by atoms with Crippen LogP contribution >= 0.6 is 0 Å². The molecule has 3 nitrogen and oxygen atoms in total. The summed E-state index contributed by atoms with van der Waals surface area (Å²) in [4.78, 5) is 11.2. The lowest BCUT2D eigenvalue weighted by Gasteiger charge is -2.09. The van der Waals surface area contributed by atoms with Crippen molar-refractivity contribution in [2.45, 2.75) is 20.3 Å². The van der Waals surface area contributed by atoms with Crippen molar-refractivity contribution in [3.63, 3.8) is 0 Å². The fourth-order valence-corrected chi connectivity index (χ4v) is 2.85.